The third-order valence-corrected chi connectivity index (χ3v) is 9.74. The Balaban J connectivity index is 1.18. The normalized spacial score (nSPS) is 12.5. The number of para-hydroxylation sites is 1. The molecule has 0 atom stereocenters. The lowest BCUT2D eigenvalue weighted by atomic mass is 9.97. The maximum absolute atomic E-state index is 4.58. The zero-order valence-corrected chi connectivity index (χ0v) is 28.7. The molecular formula is C48H36N4. The molecule has 0 bridgehead atoms. The van der Waals surface area contributed by atoms with Crippen LogP contribution in [0.4, 0.5) is 28.4 Å². The quantitative estimate of drug-likeness (QED) is 0.151. The zero-order valence-electron chi connectivity index (χ0n) is 28.7. The van der Waals surface area contributed by atoms with Gasteiger partial charge in [-0.15, -0.1) is 0 Å². The highest BCUT2D eigenvalue weighted by molar-refractivity contribution is 6.15. The topological polar surface area (TPSA) is 32.3 Å². The van der Waals surface area contributed by atoms with E-state index in [1.165, 1.54) is 27.2 Å². The van der Waals surface area contributed by atoms with E-state index < -0.39 is 0 Å². The Hall–Kier alpha value is -6.78. The van der Waals surface area contributed by atoms with Gasteiger partial charge in [-0.25, -0.2) is 0 Å². The van der Waals surface area contributed by atoms with Crippen molar-refractivity contribution >= 4 is 50.0 Å². The van der Waals surface area contributed by atoms with E-state index in [0.29, 0.717) is 0 Å². The van der Waals surface area contributed by atoms with Crippen molar-refractivity contribution in [1.29, 1.82) is 0 Å². The molecule has 0 fully saturated rings. The van der Waals surface area contributed by atoms with Gasteiger partial charge in [-0.1, -0.05) is 97.1 Å². The van der Waals surface area contributed by atoms with Crippen molar-refractivity contribution in [1.82, 2.24) is 9.97 Å². The fraction of sp³-hybridized carbons (Fsp3) is 0.0417. The van der Waals surface area contributed by atoms with Crippen LogP contribution in [-0.2, 0) is 0 Å². The number of anilines is 5. The Bertz CT molecular complexity index is 2540. The van der Waals surface area contributed by atoms with Crippen molar-refractivity contribution in [2.24, 2.45) is 0 Å². The third-order valence-electron chi connectivity index (χ3n) is 9.74. The second-order valence-electron chi connectivity index (χ2n) is 13.0. The summed E-state index contributed by atoms with van der Waals surface area (Å²) in [6.07, 6.45) is 12.6. The molecule has 4 nitrogen and oxygen atoms in total. The van der Waals surface area contributed by atoms with Crippen LogP contribution in [0.25, 0.3) is 44.1 Å². The fourth-order valence-corrected chi connectivity index (χ4v) is 7.24. The van der Waals surface area contributed by atoms with E-state index in [1.54, 1.807) is 0 Å². The monoisotopic (exact) mass is 668 g/mol. The molecule has 0 unspecified atom stereocenters. The molecular weight excluding hydrogens is 633 g/mol. The summed E-state index contributed by atoms with van der Waals surface area (Å²) in [5.74, 6) is 0. The Labute approximate surface area is 304 Å². The molecule has 1 aliphatic carbocycles. The van der Waals surface area contributed by atoms with Crippen LogP contribution in [0.3, 0.4) is 0 Å². The van der Waals surface area contributed by atoms with Crippen molar-refractivity contribution < 1.29 is 0 Å². The Morgan fingerprint density at radius 3 is 1.62 bits per heavy atom. The average Bonchev–Trinajstić information content (AvgIpc) is 3.23. The maximum Gasteiger partial charge on any atom is 0.0701 e. The number of hydrogen-bond acceptors (Lipinski definition) is 4. The number of allylic oxidation sites excluding steroid dienone is 3. The molecule has 0 amide bonds. The van der Waals surface area contributed by atoms with Gasteiger partial charge in [0, 0.05) is 57.4 Å². The van der Waals surface area contributed by atoms with Crippen molar-refractivity contribution in [3.05, 3.63) is 200 Å². The van der Waals surface area contributed by atoms with Crippen molar-refractivity contribution in [3.63, 3.8) is 0 Å². The molecule has 6 aromatic carbocycles. The molecule has 248 valence electrons. The van der Waals surface area contributed by atoms with Gasteiger partial charge in [0.25, 0.3) is 0 Å². The Kier molecular flexibility index (Phi) is 8.32. The summed E-state index contributed by atoms with van der Waals surface area (Å²) in [6.45, 7) is 0. The van der Waals surface area contributed by atoms with Crippen LogP contribution >= 0.6 is 0 Å². The van der Waals surface area contributed by atoms with Gasteiger partial charge in [0.15, 0.2) is 0 Å². The van der Waals surface area contributed by atoms with Crippen LogP contribution in [0.5, 0.6) is 0 Å². The summed E-state index contributed by atoms with van der Waals surface area (Å²) in [5, 5.41) is 4.81. The summed E-state index contributed by atoms with van der Waals surface area (Å²) in [7, 11) is 0. The molecule has 2 aromatic heterocycles. The molecule has 0 N–H and O–H groups in total. The minimum Gasteiger partial charge on any atom is -0.310 e. The number of pyridine rings is 2. The molecule has 2 heterocycles. The summed E-state index contributed by atoms with van der Waals surface area (Å²) in [4.78, 5) is 13.9. The lowest BCUT2D eigenvalue weighted by molar-refractivity contribution is 0.998. The lowest BCUT2D eigenvalue weighted by Crippen LogP contribution is -2.16. The van der Waals surface area contributed by atoms with E-state index in [1.807, 2.05) is 42.7 Å². The molecule has 0 spiro atoms. The van der Waals surface area contributed by atoms with Gasteiger partial charge < -0.3 is 9.80 Å². The number of fused-ring (bicyclic) bond motifs is 3. The molecule has 0 saturated carbocycles. The van der Waals surface area contributed by atoms with E-state index in [0.717, 1.165) is 63.8 Å². The summed E-state index contributed by atoms with van der Waals surface area (Å²) < 4.78 is 0. The van der Waals surface area contributed by atoms with Crippen LogP contribution in [0.1, 0.15) is 12.8 Å². The number of rotatable bonds is 8. The molecule has 4 heteroatoms. The fourth-order valence-electron chi connectivity index (χ4n) is 7.24. The highest BCUT2D eigenvalue weighted by atomic mass is 15.2. The van der Waals surface area contributed by atoms with Crippen LogP contribution in [0.2, 0.25) is 0 Å². The first-order valence-corrected chi connectivity index (χ1v) is 17.8. The lowest BCUT2D eigenvalue weighted by Gasteiger charge is -2.30. The largest absolute Gasteiger partial charge is 0.310 e. The highest BCUT2D eigenvalue weighted by Gasteiger charge is 2.20. The molecule has 1 aliphatic rings. The minimum absolute atomic E-state index is 0.964. The summed E-state index contributed by atoms with van der Waals surface area (Å²) in [5.41, 5.74) is 10.9. The standard InChI is InChI=1S/C48H36N4/c1-3-13-38(14-4-1)51(40-26-21-35(22-27-40)46-19-9-11-31-49-46)42-30-25-37-33-48(44-18-8-7-17-43(44)45(37)34-42)52(39-15-5-2-6-16-39)41-28-23-36(24-29-41)47-20-10-12-32-50-47/h1,3-5,7-34H,2,6H2. The van der Waals surface area contributed by atoms with Gasteiger partial charge in [-0.05, 0) is 114 Å². The predicted molar refractivity (Wildman–Crippen MR) is 218 cm³/mol. The van der Waals surface area contributed by atoms with Gasteiger partial charge >= 0.3 is 0 Å². The molecule has 9 rings (SSSR count). The SMILES string of the molecule is C1=CC(N(c2ccc(-c3ccccn3)cc2)c2cc3ccc(N(c4ccccc4)c4ccc(-c5ccccn5)cc4)cc3c3ccccc23)=CCC1. The first kappa shape index (κ1) is 31.2. The maximum atomic E-state index is 4.58. The number of hydrogen-bond donors (Lipinski definition) is 0. The highest BCUT2D eigenvalue weighted by Crippen LogP contribution is 2.43. The van der Waals surface area contributed by atoms with Crippen LogP contribution in [-0.4, -0.2) is 9.97 Å². The molecule has 52 heavy (non-hydrogen) atoms. The zero-order chi connectivity index (χ0) is 34.7. The van der Waals surface area contributed by atoms with Gasteiger partial charge in [0.05, 0.1) is 17.1 Å². The second-order valence-corrected chi connectivity index (χ2v) is 13.0. The van der Waals surface area contributed by atoms with Crippen molar-refractivity contribution in [2.45, 2.75) is 12.8 Å². The van der Waals surface area contributed by atoms with Crippen molar-refractivity contribution in [3.8, 4) is 22.5 Å². The van der Waals surface area contributed by atoms with Gasteiger partial charge in [0.2, 0.25) is 0 Å². The van der Waals surface area contributed by atoms with E-state index in [-0.39, 0.29) is 0 Å². The average molecular weight is 669 g/mol. The van der Waals surface area contributed by atoms with E-state index in [2.05, 4.69) is 171 Å². The number of nitrogens with zero attached hydrogens (tertiary/aromatic N) is 4. The van der Waals surface area contributed by atoms with E-state index in [4.69, 9.17) is 0 Å². The van der Waals surface area contributed by atoms with E-state index >= 15 is 0 Å². The second kappa shape index (κ2) is 13.9. The molecule has 0 aliphatic heterocycles. The predicted octanol–water partition coefficient (Wildman–Crippen LogP) is 13.0. The van der Waals surface area contributed by atoms with Crippen LogP contribution < -0.4 is 9.80 Å². The molecule has 0 saturated heterocycles. The Morgan fingerprint density at radius 2 is 1.00 bits per heavy atom. The van der Waals surface area contributed by atoms with Gasteiger partial charge in [-0.3, -0.25) is 9.97 Å². The van der Waals surface area contributed by atoms with Crippen molar-refractivity contribution in [2.75, 3.05) is 9.80 Å². The Morgan fingerprint density at radius 1 is 0.423 bits per heavy atom. The van der Waals surface area contributed by atoms with Gasteiger partial charge in [-0.2, -0.15) is 0 Å². The smallest absolute Gasteiger partial charge is 0.0701 e. The number of benzene rings is 6. The molecule has 0 radical (unpaired) electrons. The first-order valence-electron chi connectivity index (χ1n) is 17.8. The molecule has 8 aromatic rings. The first-order chi connectivity index (χ1) is 25.8. The summed E-state index contributed by atoms with van der Waals surface area (Å²) in [6, 6.07) is 58.1. The van der Waals surface area contributed by atoms with Crippen LogP contribution in [0.15, 0.2) is 200 Å². The summed E-state index contributed by atoms with van der Waals surface area (Å²) >= 11 is 0. The van der Waals surface area contributed by atoms with Gasteiger partial charge in [0.1, 0.15) is 0 Å². The minimum atomic E-state index is 0.964. The van der Waals surface area contributed by atoms with E-state index in [9.17, 15) is 0 Å². The number of aromatic nitrogens is 2. The van der Waals surface area contributed by atoms with Crippen LogP contribution in [0, 0.1) is 0 Å². The third kappa shape index (κ3) is 6.01.